The van der Waals surface area contributed by atoms with Gasteiger partial charge in [0.25, 0.3) is 0 Å². The fourth-order valence-electron chi connectivity index (χ4n) is 1.50. The topological polar surface area (TPSA) is 38.3 Å². The zero-order valence-electron chi connectivity index (χ0n) is 7.63. The molecule has 13 heavy (non-hydrogen) atoms. The molecule has 68 valence electrons. The molecule has 1 aromatic carbocycles. The van der Waals surface area contributed by atoms with E-state index in [4.69, 9.17) is 4.74 Å². The number of ether oxygens (including phenoxy) is 1. The lowest BCUT2D eigenvalue weighted by Crippen LogP contribution is -2.39. The summed E-state index contributed by atoms with van der Waals surface area (Å²) in [6.45, 7) is 1.73. The van der Waals surface area contributed by atoms with E-state index in [1.807, 2.05) is 18.2 Å². The van der Waals surface area contributed by atoms with Crippen molar-refractivity contribution in [2.45, 2.75) is 12.6 Å². The van der Waals surface area contributed by atoms with Gasteiger partial charge in [-0.05, 0) is 19.1 Å². The monoisotopic (exact) mass is 177 g/mol. The summed E-state index contributed by atoms with van der Waals surface area (Å²) in [5.74, 6) is -0.00870. The number of Topliss-reactive ketones (excluding diaryl/α,β-unsaturated/α-hetero) is 1. The molecule has 1 aromatic rings. The highest BCUT2D eigenvalue weighted by Gasteiger charge is 2.41. The van der Waals surface area contributed by atoms with Crippen molar-refractivity contribution in [2.24, 2.45) is 0 Å². The molecule has 1 aliphatic heterocycles. The molecule has 1 N–H and O–H groups in total. The van der Waals surface area contributed by atoms with Crippen LogP contribution < -0.4 is 5.32 Å². The van der Waals surface area contributed by atoms with Crippen LogP contribution in [0.5, 0.6) is 0 Å². The van der Waals surface area contributed by atoms with Gasteiger partial charge in [0.1, 0.15) is 0 Å². The van der Waals surface area contributed by atoms with Crippen LogP contribution in [0.2, 0.25) is 0 Å². The number of ketones is 1. The first-order valence-corrected chi connectivity index (χ1v) is 4.14. The van der Waals surface area contributed by atoms with E-state index in [9.17, 15) is 4.79 Å². The maximum absolute atomic E-state index is 11.8. The Morgan fingerprint density at radius 3 is 2.69 bits per heavy atom. The number of methoxy groups -OCH3 is 1. The molecule has 0 radical (unpaired) electrons. The molecular formula is C10H11NO2. The van der Waals surface area contributed by atoms with Crippen molar-refractivity contribution >= 4 is 11.5 Å². The molecule has 1 heterocycles. The first kappa shape index (κ1) is 8.26. The van der Waals surface area contributed by atoms with E-state index in [1.54, 1.807) is 13.0 Å². The van der Waals surface area contributed by atoms with E-state index in [1.165, 1.54) is 7.11 Å². The highest BCUT2D eigenvalue weighted by molar-refractivity contribution is 6.12. The summed E-state index contributed by atoms with van der Waals surface area (Å²) >= 11 is 0. The lowest BCUT2D eigenvalue weighted by molar-refractivity contribution is 0.0312. The van der Waals surface area contributed by atoms with Crippen molar-refractivity contribution in [1.82, 2.24) is 0 Å². The number of para-hydroxylation sites is 1. The van der Waals surface area contributed by atoms with E-state index < -0.39 is 5.72 Å². The van der Waals surface area contributed by atoms with Crippen LogP contribution in [-0.4, -0.2) is 18.6 Å². The maximum atomic E-state index is 11.8. The second-order valence-electron chi connectivity index (χ2n) is 3.24. The number of benzene rings is 1. The fourth-order valence-corrected chi connectivity index (χ4v) is 1.50. The van der Waals surface area contributed by atoms with Gasteiger partial charge in [0, 0.05) is 18.4 Å². The Balaban J connectivity index is 2.50. The van der Waals surface area contributed by atoms with Crippen molar-refractivity contribution in [3.8, 4) is 0 Å². The summed E-state index contributed by atoms with van der Waals surface area (Å²) in [6.07, 6.45) is 0. The average Bonchev–Trinajstić information content (AvgIpc) is 2.41. The molecule has 0 amide bonds. The third kappa shape index (κ3) is 1.04. The van der Waals surface area contributed by atoms with Crippen LogP contribution in [0.3, 0.4) is 0 Å². The number of carbonyl (C=O) groups is 1. The summed E-state index contributed by atoms with van der Waals surface area (Å²) < 4.78 is 5.13. The minimum absolute atomic E-state index is 0.00870. The van der Waals surface area contributed by atoms with Crippen LogP contribution in [0.4, 0.5) is 5.69 Å². The van der Waals surface area contributed by atoms with Gasteiger partial charge in [0.15, 0.2) is 5.72 Å². The van der Waals surface area contributed by atoms with E-state index in [0.717, 1.165) is 5.69 Å². The van der Waals surface area contributed by atoms with Gasteiger partial charge >= 0.3 is 0 Å². The Morgan fingerprint density at radius 2 is 2.08 bits per heavy atom. The Hall–Kier alpha value is -1.35. The molecule has 2 rings (SSSR count). The predicted octanol–water partition coefficient (Wildman–Crippen LogP) is 1.66. The van der Waals surface area contributed by atoms with Gasteiger partial charge < -0.3 is 10.1 Å². The second kappa shape index (κ2) is 2.57. The maximum Gasteiger partial charge on any atom is 0.216 e. The molecule has 3 heteroatoms. The number of hydrogen-bond acceptors (Lipinski definition) is 3. The van der Waals surface area contributed by atoms with Gasteiger partial charge in [-0.2, -0.15) is 0 Å². The van der Waals surface area contributed by atoms with Crippen molar-refractivity contribution in [2.75, 3.05) is 12.4 Å². The Kier molecular flexibility index (Phi) is 1.63. The average molecular weight is 177 g/mol. The lowest BCUT2D eigenvalue weighted by atomic mass is 10.1. The molecular weight excluding hydrogens is 166 g/mol. The van der Waals surface area contributed by atoms with Crippen LogP contribution in [0.15, 0.2) is 24.3 Å². The largest absolute Gasteiger partial charge is 0.352 e. The van der Waals surface area contributed by atoms with Crippen LogP contribution in [-0.2, 0) is 4.74 Å². The molecule has 0 spiro atoms. The minimum Gasteiger partial charge on any atom is -0.352 e. The Bertz CT molecular complexity index is 362. The van der Waals surface area contributed by atoms with Gasteiger partial charge in [-0.15, -0.1) is 0 Å². The number of anilines is 1. The van der Waals surface area contributed by atoms with Crippen molar-refractivity contribution < 1.29 is 9.53 Å². The Labute approximate surface area is 76.7 Å². The third-order valence-electron chi connectivity index (χ3n) is 2.39. The highest BCUT2D eigenvalue weighted by Crippen LogP contribution is 2.31. The van der Waals surface area contributed by atoms with Crippen LogP contribution in [0, 0.1) is 0 Å². The van der Waals surface area contributed by atoms with E-state index in [2.05, 4.69) is 5.32 Å². The molecule has 1 atom stereocenters. The Morgan fingerprint density at radius 1 is 1.38 bits per heavy atom. The molecule has 0 saturated heterocycles. The predicted molar refractivity (Wildman–Crippen MR) is 49.8 cm³/mol. The van der Waals surface area contributed by atoms with Crippen LogP contribution in [0.25, 0.3) is 0 Å². The van der Waals surface area contributed by atoms with Crippen LogP contribution >= 0.6 is 0 Å². The quantitative estimate of drug-likeness (QED) is 0.709. The zero-order valence-corrected chi connectivity index (χ0v) is 7.63. The van der Waals surface area contributed by atoms with Crippen LogP contribution in [0.1, 0.15) is 17.3 Å². The van der Waals surface area contributed by atoms with Crippen molar-refractivity contribution in [3.63, 3.8) is 0 Å². The first-order valence-electron chi connectivity index (χ1n) is 4.14. The number of fused-ring (bicyclic) bond motifs is 1. The molecule has 0 bridgehead atoms. The first-order chi connectivity index (χ1) is 6.17. The van der Waals surface area contributed by atoms with Gasteiger partial charge in [-0.3, -0.25) is 4.79 Å². The van der Waals surface area contributed by atoms with E-state index in [0.29, 0.717) is 5.56 Å². The van der Waals surface area contributed by atoms with Gasteiger partial charge in [-0.1, -0.05) is 12.1 Å². The third-order valence-corrected chi connectivity index (χ3v) is 2.39. The molecule has 3 nitrogen and oxygen atoms in total. The second-order valence-corrected chi connectivity index (χ2v) is 3.24. The molecule has 0 saturated carbocycles. The summed E-state index contributed by atoms with van der Waals surface area (Å²) in [5.41, 5.74) is 0.660. The zero-order chi connectivity index (χ0) is 9.47. The summed E-state index contributed by atoms with van der Waals surface area (Å²) in [6, 6.07) is 7.41. The molecule has 1 unspecified atom stereocenters. The number of rotatable bonds is 1. The van der Waals surface area contributed by atoms with Gasteiger partial charge in [0.05, 0.1) is 0 Å². The molecule has 0 aromatic heterocycles. The lowest BCUT2D eigenvalue weighted by Gasteiger charge is -2.20. The summed E-state index contributed by atoms with van der Waals surface area (Å²) in [5, 5.41) is 3.04. The SMILES string of the molecule is COC1(C)Nc2ccccc2C1=O. The molecule has 0 fully saturated rings. The minimum atomic E-state index is -0.885. The van der Waals surface area contributed by atoms with Crippen molar-refractivity contribution in [3.05, 3.63) is 29.8 Å². The van der Waals surface area contributed by atoms with E-state index >= 15 is 0 Å². The van der Waals surface area contributed by atoms with Crippen molar-refractivity contribution in [1.29, 1.82) is 0 Å². The van der Waals surface area contributed by atoms with Gasteiger partial charge in [0.2, 0.25) is 5.78 Å². The standard InChI is InChI=1S/C10H11NO2/c1-10(13-2)9(12)7-5-3-4-6-8(7)11-10/h3-6,11H,1-2H3. The van der Waals surface area contributed by atoms with Gasteiger partial charge in [-0.25, -0.2) is 0 Å². The molecule has 1 aliphatic rings. The molecule has 0 aliphatic carbocycles. The normalized spacial score (nSPS) is 25.5. The smallest absolute Gasteiger partial charge is 0.216 e. The highest BCUT2D eigenvalue weighted by atomic mass is 16.5. The fraction of sp³-hybridized carbons (Fsp3) is 0.300. The summed E-state index contributed by atoms with van der Waals surface area (Å²) in [4.78, 5) is 11.8. The number of nitrogens with one attached hydrogen (secondary N) is 1. The van der Waals surface area contributed by atoms with E-state index in [-0.39, 0.29) is 5.78 Å². The summed E-state index contributed by atoms with van der Waals surface area (Å²) in [7, 11) is 1.52. The number of hydrogen-bond donors (Lipinski definition) is 1. The number of carbonyl (C=O) groups excluding carboxylic acids is 1.